The van der Waals surface area contributed by atoms with Gasteiger partial charge < -0.3 is 14.8 Å². The van der Waals surface area contributed by atoms with Gasteiger partial charge in [-0.2, -0.15) is 0 Å². The minimum Gasteiger partial charge on any atom is -0.497 e. The molecular formula is C17H15N3O3. The predicted molar refractivity (Wildman–Crippen MR) is 86.4 cm³/mol. The van der Waals surface area contributed by atoms with Gasteiger partial charge in [0.25, 0.3) is 5.91 Å². The van der Waals surface area contributed by atoms with Gasteiger partial charge in [-0.15, -0.1) is 0 Å². The maximum atomic E-state index is 12.1. The molecule has 0 radical (unpaired) electrons. The van der Waals surface area contributed by atoms with Gasteiger partial charge >= 0.3 is 0 Å². The van der Waals surface area contributed by atoms with Crippen LogP contribution >= 0.6 is 0 Å². The largest absolute Gasteiger partial charge is 0.497 e. The number of nitrogens with one attached hydrogen (secondary N) is 1. The molecule has 2 heterocycles. The summed E-state index contributed by atoms with van der Waals surface area (Å²) in [5.41, 5.74) is 1.90. The molecule has 0 spiro atoms. The second kappa shape index (κ2) is 6.31. The van der Waals surface area contributed by atoms with E-state index in [4.69, 9.17) is 9.47 Å². The number of pyridine rings is 1. The first-order valence-electron chi connectivity index (χ1n) is 6.95. The summed E-state index contributed by atoms with van der Waals surface area (Å²) < 4.78 is 10.5. The van der Waals surface area contributed by atoms with Gasteiger partial charge in [-0.3, -0.25) is 9.78 Å². The van der Waals surface area contributed by atoms with Crippen LogP contribution < -0.4 is 14.8 Å². The van der Waals surface area contributed by atoms with E-state index in [0.717, 1.165) is 11.1 Å². The molecule has 0 saturated heterocycles. The molecule has 116 valence electrons. The maximum absolute atomic E-state index is 12.1. The van der Waals surface area contributed by atoms with Crippen LogP contribution in [0.5, 0.6) is 11.5 Å². The Morgan fingerprint density at radius 1 is 1.04 bits per heavy atom. The summed E-state index contributed by atoms with van der Waals surface area (Å²) in [6, 6.07) is 8.96. The van der Waals surface area contributed by atoms with Crippen molar-refractivity contribution in [1.82, 2.24) is 10.3 Å². The second-order valence-electron chi connectivity index (χ2n) is 4.83. The number of hydrogen-bond acceptors (Lipinski definition) is 5. The number of aliphatic imine (C=N–C) groups is 1. The summed E-state index contributed by atoms with van der Waals surface area (Å²) in [7, 11) is 3.15. The zero-order chi connectivity index (χ0) is 16.2. The van der Waals surface area contributed by atoms with Crippen molar-refractivity contribution >= 4 is 17.8 Å². The maximum Gasteiger partial charge on any atom is 0.275 e. The lowest BCUT2D eigenvalue weighted by Crippen LogP contribution is -2.24. The molecule has 3 rings (SSSR count). The second-order valence-corrected chi connectivity index (χ2v) is 4.83. The molecule has 0 aliphatic carbocycles. The standard InChI is InChI=1S/C17H15N3O3/c1-22-13-7-11(8-14(10-13)23-2)9-15-17(21)20-16(19-15)12-3-5-18-6-4-12/h3-10H,1-2H3,(H,19,20,21)/b15-9+. The fourth-order valence-corrected chi connectivity index (χ4v) is 2.19. The summed E-state index contributed by atoms with van der Waals surface area (Å²) in [4.78, 5) is 20.4. The highest BCUT2D eigenvalue weighted by atomic mass is 16.5. The number of carbonyl (C=O) groups excluding carboxylic acids is 1. The van der Waals surface area contributed by atoms with Crippen LogP contribution in [0.3, 0.4) is 0 Å². The Balaban J connectivity index is 1.96. The molecule has 1 N–H and O–H groups in total. The molecular weight excluding hydrogens is 294 g/mol. The van der Waals surface area contributed by atoms with Crippen molar-refractivity contribution in [1.29, 1.82) is 0 Å². The van der Waals surface area contributed by atoms with E-state index in [1.807, 2.05) is 12.1 Å². The molecule has 1 amide bonds. The Hall–Kier alpha value is -3.15. The molecule has 6 heteroatoms. The summed E-state index contributed by atoms with van der Waals surface area (Å²) in [6.45, 7) is 0. The number of methoxy groups -OCH3 is 2. The van der Waals surface area contributed by atoms with Crippen LogP contribution in [0, 0.1) is 0 Å². The van der Waals surface area contributed by atoms with E-state index in [1.165, 1.54) is 0 Å². The smallest absolute Gasteiger partial charge is 0.275 e. The number of carbonyl (C=O) groups is 1. The third kappa shape index (κ3) is 3.21. The topological polar surface area (TPSA) is 72.8 Å². The lowest BCUT2D eigenvalue weighted by Gasteiger charge is -2.05. The van der Waals surface area contributed by atoms with E-state index < -0.39 is 0 Å². The Morgan fingerprint density at radius 2 is 1.70 bits per heavy atom. The monoisotopic (exact) mass is 309 g/mol. The van der Waals surface area contributed by atoms with Crippen LogP contribution in [0.1, 0.15) is 11.1 Å². The van der Waals surface area contributed by atoms with Crippen LogP contribution in [0.2, 0.25) is 0 Å². The van der Waals surface area contributed by atoms with Crippen molar-refractivity contribution in [2.75, 3.05) is 14.2 Å². The van der Waals surface area contributed by atoms with Gasteiger partial charge in [0.2, 0.25) is 0 Å². The third-order valence-corrected chi connectivity index (χ3v) is 3.33. The number of rotatable bonds is 4. The molecule has 1 aliphatic heterocycles. The predicted octanol–water partition coefficient (Wildman–Crippen LogP) is 2.02. The Morgan fingerprint density at radius 3 is 2.30 bits per heavy atom. The van der Waals surface area contributed by atoms with Crippen LogP contribution in [-0.2, 0) is 4.79 Å². The first-order chi connectivity index (χ1) is 11.2. The lowest BCUT2D eigenvalue weighted by atomic mass is 10.1. The Kier molecular flexibility index (Phi) is 4.05. The first kappa shape index (κ1) is 14.8. The van der Waals surface area contributed by atoms with Crippen molar-refractivity contribution in [2.24, 2.45) is 4.99 Å². The van der Waals surface area contributed by atoms with Gasteiger partial charge in [-0.1, -0.05) is 0 Å². The van der Waals surface area contributed by atoms with Crippen molar-refractivity contribution in [3.05, 3.63) is 59.5 Å². The van der Waals surface area contributed by atoms with Crippen molar-refractivity contribution in [3.8, 4) is 11.5 Å². The highest BCUT2D eigenvalue weighted by Gasteiger charge is 2.21. The minimum atomic E-state index is -0.251. The minimum absolute atomic E-state index is 0.251. The number of amidine groups is 1. The molecule has 1 aromatic carbocycles. The average Bonchev–Trinajstić information content (AvgIpc) is 2.96. The van der Waals surface area contributed by atoms with Gasteiger partial charge in [-0.05, 0) is 35.9 Å². The van der Waals surface area contributed by atoms with Crippen LogP contribution in [-0.4, -0.2) is 30.9 Å². The normalized spacial score (nSPS) is 15.3. The van der Waals surface area contributed by atoms with E-state index in [-0.39, 0.29) is 5.91 Å². The van der Waals surface area contributed by atoms with Crippen LogP contribution in [0.15, 0.2) is 53.4 Å². The number of nitrogens with zero attached hydrogens (tertiary/aromatic N) is 2. The fourth-order valence-electron chi connectivity index (χ4n) is 2.19. The molecule has 0 saturated carbocycles. The SMILES string of the molecule is COc1cc(/C=C2/N=C(c3ccncc3)NC2=O)cc(OC)c1. The number of aromatic nitrogens is 1. The van der Waals surface area contributed by atoms with Crippen molar-refractivity contribution in [3.63, 3.8) is 0 Å². The quantitative estimate of drug-likeness (QED) is 0.877. The van der Waals surface area contributed by atoms with Crippen LogP contribution in [0.25, 0.3) is 6.08 Å². The Labute approximate surface area is 133 Å². The molecule has 0 bridgehead atoms. The highest BCUT2D eigenvalue weighted by Crippen LogP contribution is 2.25. The Bertz CT molecular complexity index is 776. The number of hydrogen-bond donors (Lipinski definition) is 1. The van der Waals surface area contributed by atoms with Gasteiger partial charge in [0.15, 0.2) is 0 Å². The van der Waals surface area contributed by atoms with E-state index >= 15 is 0 Å². The molecule has 0 atom stereocenters. The molecule has 0 unspecified atom stereocenters. The van der Waals surface area contributed by atoms with Gasteiger partial charge in [0, 0.05) is 24.0 Å². The first-order valence-corrected chi connectivity index (χ1v) is 6.95. The van der Waals surface area contributed by atoms with Gasteiger partial charge in [0.1, 0.15) is 23.0 Å². The van der Waals surface area contributed by atoms with E-state index in [1.54, 1.807) is 50.9 Å². The van der Waals surface area contributed by atoms with E-state index in [9.17, 15) is 4.79 Å². The number of benzene rings is 1. The van der Waals surface area contributed by atoms with Crippen LogP contribution in [0.4, 0.5) is 0 Å². The zero-order valence-electron chi connectivity index (χ0n) is 12.7. The fraction of sp³-hybridized carbons (Fsp3) is 0.118. The van der Waals surface area contributed by atoms with Crippen molar-refractivity contribution in [2.45, 2.75) is 0 Å². The molecule has 2 aromatic rings. The van der Waals surface area contributed by atoms with Crippen molar-refractivity contribution < 1.29 is 14.3 Å². The number of amides is 1. The zero-order valence-corrected chi connectivity index (χ0v) is 12.7. The highest BCUT2D eigenvalue weighted by molar-refractivity contribution is 6.19. The molecule has 6 nitrogen and oxygen atoms in total. The summed E-state index contributed by atoms with van der Waals surface area (Å²) in [5, 5.41) is 2.75. The lowest BCUT2D eigenvalue weighted by molar-refractivity contribution is -0.115. The molecule has 1 aliphatic rings. The average molecular weight is 309 g/mol. The number of ether oxygens (including phenoxy) is 2. The third-order valence-electron chi connectivity index (χ3n) is 3.33. The van der Waals surface area contributed by atoms with Gasteiger partial charge in [0.05, 0.1) is 14.2 Å². The van der Waals surface area contributed by atoms with E-state index in [0.29, 0.717) is 23.0 Å². The summed E-state index contributed by atoms with van der Waals surface area (Å²) in [5.74, 6) is 1.55. The van der Waals surface area contributed by atoms with Gasteiger partial charge in [-0.25, -0.2) is 4.99 Å². The van der Waals surface area contributed by atoms with E-state index in [2.05, 4.69) is 15.3 Å². The molecule has 23 heavy (non-hydrogen) atoms. The molecule has 0 fully saturated rings. The summed E-state index contributed by atoms with van der Waals surface area (Å²) >= 11 is 0. The molecule has 1 aromatic heterocycles. The summed E-state index contributed by atoms with van der Waals surface area (Å²) in [6.07, 6.45) is 4.99.